The molecule has 0 aliphatic rings. The Hall–Kier alpha value is -2.08. The lowest BCUT2D eigenvalue weighted by molar-refractivity contribution is -0.124. The quantitative estimate of drug-likeness (QED) is 0.644. The number of para-hydroxylation sites is 1. The number of aliphatic hydroxyl groups excluding tert-OH is 1. The van der Waals surface area contributed by atoms with Crippen LogP contribution in [0, 0.1) is 0 Å². The average molecular weight is 252 g/mol. The van der Waals surface area contributed by atoms with Crippen molar-refractivity contribution >= 4 is 11.8 Å². The Balaban J connectivity index is 2.58. The summed E-state index contributed by atoms with van der Waals surface area (Å²) in [5.74, 6) is -0.734. The number of ether oxygens (including phenoxy) is 1. The highest BCUT2D eigenvalue weighted by atomic mass is 16.5. The zero-order valence-corrected chi connectivity index (χ0v) is 10.1. The third-order valence-electron chi connectivity index (χ3n) is 2.19. The Bertz CT molecular complexity index is 434. The molecule has 0 saturated carbocycles. The molecule has 1 aromatic carbocycles. The van der Waals surface area contributed by atoms with Crippen molar-refractivity contribution in [2.75, 3.05) is 13.2 Å². The zero-order valence-electron chi connectivity index (χ0n) is 10.1. The number of carbonyl (C=O) groups is 2. The summed E-state index contributed by atoms with van der Waals surface area (Å²) in [7, 11) is 0. The molecule has 0 aliphatic heterocycles. The molecule has 1 rings (SSSR count). The van der Waals surface area contributed by atoms with Crippen molar-refractivity contribution in [1.29, 1.82) is 0 Å². The number of hydrogen-bond donors (Lipinski definition) is 3. The summed E-state index contributed by atoms with van der Waals surface area (Å²) in [6.45, 7) is 1.27. The van der Waals surface area contributed by atoms with E-state index in [2.05, 4.69) is 5.32 Å². The van der Waals surface area contributed by atoms with Crippen molar-refractivity contribution in [2.24, 2.45) is 5.73 Å². The van der Waals surface area contributed by atoms with Crippen molar-refractivity contribution < 1.29 is 19.4 Å². The van der Waals surface area contributed by atoms with Crippen LogP contribution in [-0.2, 0) is 4.79 Å². The van der Waals surface area contributed by atoms with Crippen LogP contribution in [0.1, 0.15) is 17.3 Å². The molecule has 0 radical (unpaired) electrons. The molecule has 6 heteroatoms. The first-order valence-electron chi connectivity index (χ1n) is 5.46. The normalized spacial score (nSPS) is 11.7. The first-order chi connectivity index (χ1) is 8.54. The van der Waals surface area contributed by atoms with E-state index in [4.69, 9.17) is 15.6 Å². The lowest BCUT2D eigenvalue weighted by atomic mass is 10.2. The van der Waals surface area contributed by atoms with Crippen molar-refractivity contribution in [1.82, 2.24) is 5.32 Å². The number of amides is 2. The molecule has 6 nitrogen and oxygen atoms in total. The van der Waals surface area contributed by atoms with E-state index in [1.54, 1.807) is 25.1 Å². The first-order valence-corrected chi connectivity index (χ1v) is 5.46. The van der Waals surface area contributed by atoms with Crippen LogP contribution in [0.25, 0.3) is 0 Å². The Kier molecular flexibility index (Phi) is 5.13. The van der Waals surface area contributed by atoms with Gasteiger partial charge in [-0.05, 0) is 19.1 Å². The number of nitrogens with one attached hydrogen (secondary N) is 1. The van der Waals surface area contributed by atoms with Crippen LogP contribution in [0.4, 0.5) is 0 Å². The van der Waals surface area contributed by atoms with E-state index < -0.39 is 5.91 Å². The van der Waals surface area contributed by atoms with Crippen LogP contribution in [0.5, 0.6) is 5.75 Å². The summed E-state index contributed by atoms with van der Waals surface area (Å²) >= 11 is 0. The van der Waals surface area contributed by atoms with Gasteiger partial charge in [-0.25, -0.2) is 0 Å². The van der Waals surface area contributed by atoms with Crippen LogP contribution in [0.2, 0.25) is 0 Å². The van der Waals surface area contributed by atoms with Crippen molar-refractivity contribution in [3.05, 3.63) is 29.8 Å². The Morgan fingerprint density at radius 1 is 1.44 bits per heavy atom. The zero-order chi connectivity index (χ0) is 13.5. The molecule has 1 atom stereocenters. The highest BCUT2D eigenvalue weighted by Crippen LogP contribution is 2.16. The van der Waals surface area contributed by atoms with Crippen LogP contribution >= 0.6 is 0 Å². The summed E-state index contributed by atoms with van der Waals surface area (Å²) in [6.07, 6.45) is 0. The van der Waals surface area contributed by atoms with Crippen molar-refractivity contribution in [3.63, 3.8) is 0 Å². The number of benzene rings is 1. The largest absolute Gasteiger partial charge is 0.483 e. The Morgan fingerprint density at radius 2 is 2.11 bits per heavy atom. The molecule has 0 aromatic heterocycles. The standard InChI is InChI=1S/C12H16N2O4/c1-8(6-15)14-11(16)7-18-10-5-3-2-4-9(10)12(13)17/h2-5,8,15H,6-7H2,1H3,(H2,13,17)(H,14,16)/t8-/m0/s1. The highest BCUT2D eigenvalue weighted by Gasteiger charge is 2.11. The third-order valence-corrected chi connectivity index (χ3v) is 2.19. The minimum absolute atomic E-state index is 0.149. The van der Waals surface area contributed by atoms with Gasteiger partial charge in [0, 0.05) is 6.04 Å². The van der Waals surface area contributed by atoms with Gasteiger partial charge in [-0.2, -0.15) is 0 Å². The monoisotopic (exact) mass is 252 g/mol. The van der Waals surface area contributed by atoms with E-state index in [1.165, 1.54) is 6.07 Å². The molecule has 0 saturated heterocycles. The smallest absolute Gasteiger partial charge is 0.258 e. The number of nitrogens with two attached hydrogens (primary N) is 1. The average Bonchev–Trinajstić information content (AvgIpc) is 2.36. The molecule has 0 fully saturated rings. The van der Waals surface area contributed by atoms with E-state index in [1.807, 2.05) is 0 Å². The van der Waals surface area contributed by atoms with E-state index in [9.17, 15) is 9.59 Å². The lowest BCUT2D eigenvalue weighted by Crippen LogP contribution is -2.38. The summed E-state index contributed by atoms with van der Waals surface area (Å²) in [4.78, 5) is 22.5. The molecule has 1 aromatic rings. The number of rotatable bonds is 6. The molecule has 0 bridgehead atoms. The fourth-order valence-corrected chi connectivity index (χ4v) is 1.30. The molecule has 98 valence electrons. The number of primary amides is 1. The van der Waals surface area contributed by atoms with Gasteiger partial charge in [0.25, 0.3) is 11.8 Å². The summed E-state index contributed by atoms with van der Waals surface area (Å²) < 4.78 is 5.21. The maximum absolute atomic E-state index is 11.4. The molecule has 2 amide bonds. The maximum atomic E-state index is 11.4. The Morgan fingerprint density at radius 3 is 2.72 bits per heavy atom. The fraction of sp³-hybridized carbons (Fsp3) is 0.333. The molecular weight excluding hydrogens is 236 g/mol. The molecule has 0 aliphatic carbocycles. The van der Waals surface area contributed by atoms with Gasteiger partial charge in [0.2, 0.25) is 0 Å². The SMILES string of the molecule is C[C@@H](CO)NC(=O)COc1ccccc1C(N)=O. The van der Waals surface area contributed by atoms with Gasteiger partial charge in [-0.3, -0.25) is 9.59 Å². The minimum atomic E-state index is -0.616. The summed E-state index contributed by atoms with van der Waals surface area (Å²) in [6, 6.07) is 6.07. The van der Waals surface area contributed by atoms with Gasteiger partial charge in [0.05, 0.1) is 12.2 Å². The van der Waals surface area contributed by atoms with Gasteiger partial charge in [0.15, 0.2) is 6.61 Å². The molecule has 0 heterocycles. The Labute approximate surface area is 105 Å². The first kappa shape index (κ1) is 14.0. The maximum Gasteiger partial charge on any atom is 0.258 e. The summed E-state index contributed by atoms with van der Waals surface area (Å²) in [5, 5.41) is 11.3. The topological polar surface area (TPSA) is 102 Å². The minimum Gasteiger partial charge on any atom is -0.483 e. The second kappa shape index (κ2) is 6.61. The second-order valence-corrected chi connectivity index (χ2v) is 3.80. The molecular formula is C12H16N2O4. The van der Waals surface area contributed by atoms with E-state index in [0.29, 0.717) is 0 Å². The van der Waals surface area contributed by atoms with Gasteiger partial charge in [-0.15, -0.1) is 0 Å². The summed E-state index contributed by atoms with van der Waals surface area (Å²) in [5.41, 5.74) is 5.39. The number of aliphatic hydroxyl groups is 1. The van der Waals surface area contributed by atoms with Crippen LogP contribution in [-0.4, -0.2) is 36.2 Å². The predicted octanol–water partition coefficient (Wildman–Crippen LogP) is -0.339. The van der Waals surface area contributed by atoms with E-state index >= 15 is 0 Å². The van der Waals surface area contributed by atoms with Crippen LogP contribution < -0.4 is 15.8 Å². The van der Waals surface area contributed by atoms with Gasteiger partial charge >= 0.3 is 0 Å². The van der Waals surface area contributed by atoms with Gasteiger partial charge in [0.1, 0.15) is 5.75 Å². The third kappa shape index (κ3) is 4.06. The van der Waals surface area contributed by atoms with Crippen molar-refractivity contribution in [2.45, 2.75) is 13.0 Å². The van der Waals surface area contributed by atoms with Crippen LogP contribution in [0.15, 0.2) is 24.3 Å². The fourth-order valence-electron chi connectivity index (χ4n) is 1.30. The van der Waals surface area contributed by atoms with Crippen molar-refractivity contribution in [3.8, 4) is 5.75 Å². The van der Waals surface area contributed by atoms with E-state index in [-0.39, 0.29) is 36.5 Å². The second-order valence-electron chi connectivity index (χ2n) is 3.80. The van der Waals surface area contributed by atoms with Gasteiger partial charge in [-0.1, -0.05) is 12.1 Å². The molecule has 18 heavy (non-hydrogen) atoms. The lowest BCUT2D eigenvalue weighted by Gasteiger charge is -2.12. The molecule has 4 N–H and O–H groups in total. The number of carbonyl (C=O) groups excluding carboxylic acids is 2. The van der Waals surface area contributed by atoms with E-state index in [0.717, 1.165) is 0 Å². The molecule has 0 unspecified atom stereocenters. The molecule has 0 spiro atoms. The highest BCUT2D eigenvalue weighted by molar-refractivity contribution is 5.95. The van der Waals surface area contributed by atoms with Gasteiger partial charge < -0.3 is 20.9 Å². The predicted molar refractivity (Wildman–Crippen MR) is 65.1 cm³/mol. The number of hydrogen-bond acceptors (Lipinski definition) is 4. The van der Waals surface area contributed by atoms with Crippen LogP contribution in [0.3, 0.4) is 0 Å².